The Bertz CT molecular complexity index is 609. The van der Waals surface area contributed by atoms with Gasteiger partial charge in [-0.05, 0) is 32.9 Å². The Kier molecular flexibility index (Phi) is 3.65. The number of aromatic hydroxyl groups is 2. The first kappa shape index (κ1) is 13.9. The lowest BCUT2D eigenvalue weighted by atomic mass is 10.1. The van der Waals surface area contributed by atoms with Gasteiger partial charge in [0.15, 0.2) is 0 Å². The molecule has 6 nitrogen and oxygen atoms in total. The minimum Gasteiger partial charge on any atom is -0.507 e. The predicted molar refractivity (Wildman–Crippen MR) is 71.6 cm³/mol. The van der Waals surface area contributed by atoms with Crippen LogP contribution in [-0.4, -0.2) is 21.3 Å². The second kappa shape index (κ2) is 5.24. The fraction of sp³-hybridized carbons (Fsp3) is 0.286. The number of phenols is 2. The molecular formula is C14H16N2O4. The van der Waals surface area contributed by atoms with Crippen LogP contribution < -0.4 is 5.32 Å². The molecule has 0 bridgehead atoms. The van der Waals surface area contributed by atoms with Gasteiger partial charge in [-0.2, -0.15) is 0 Å². The number of benzene rings is 1. The molecule has 0 saturated heterocycles. The van der Waals surface area contributed by atoms with E-state index in [0.29, 0.717) is 11.5 Å². The summed E-state index contributed by atoms with van der Waals surface area (Å²) < 4.78 is 5.05. The van der Waals surface area contributed by atoms with E-state index in [1.165, 1.54) is 18.2 Å². The monoisotopic (exact) mass is 276 g/mol. The molecule has 0 spiro atoms. The lowest BCUT2D eigenvalue weighted by Crippen LogP contribution is -2.27. The number of hydrogen-bond acceptors (Lipinski definition) is 5. The lowest BCUT2D eigenvalue weighted by molar-refractivity contribution is 0.0934. The van der Waals surface area contributed by atoms with Crippen molar-refractivity contribution in [1.82, 2.24) is 10.5 Å². The lowest BCUT2D eigenvalue weighted by Gasteiger charge is -2.15. The summed E-state index contributed by atoms with van der Waals surface area (Å²) in [7, 11) is 0. The van der Waals surface area contributed by atoms with Crippen LogP contribution in [0, 0.1) is 13.8 Å². The standard InChI is InChI=1S/C14H16N2O4/c1-7(12-8(2)16-20-9(12)3)15-14(19)13-10(17)5-4-6-11(13)18/h4-7,17-18H,1-3H3,(H,15,19). The van der Waals surface area contributed by atoms with E-state index < -0.39 is 5.91 Å². The number of carbonyl (C=O) groups is 1. The van der Waals surface area contributed by atoms with Crippen molar-refractivity contribution in [3.8, 4) is 11.5 Å². The Hall–Kier alpha value is -2.50. The highest BCUT2D eigenvalue weighted by Crippen LogP contribution is 2.27. The van der Waals surface area contributed by atoms with Gasteiger partial charge in [0.2, 0.25) is 0 Å². The third kappa shape index (κ3) is 2.45. The highest BCUT2D eigenvalue weighted by molar-refractivity contribution is 5.99. The summed E-state index contributed by atoms with van der Waals surface area (Å²) in [5.74, 6) is -0.480. The van der Waals surface area contributed by atoms with Gasteiger partial charge < -0.3 is 20.1 Å². The predicted octanol–water partition coefficient (Wildman–Crippen LogP) is 2.19. The first-order chi connectivity index (χ1) is 9.41. The summed E-state index contributed by atoms with van der Waals surface area (Å²) in [6, 6.07) is 3.79. The van der Waals surface area contributed by atoms with Crippen LogP contribution in [0.1, 0.15) is 40.3 Å². The summed E-state index contributed by atoms with van der Waals surface area (Å²) >= 11 is 0. The molecule has 1 unspecified atom stereocenters. The molecule has 1 amide bonds. The van der Waals surface area contributed by atoms with Crippen molar-refractivity contribution in [3.05, 3.63) is 40.8 Å². The molecule has 2 aromatic rings. The van der Waals surface area contributed by atoms with Gasteiger partial charge in [0.1, 0.15) is 22.8 Å². The Morgan fingerprint density at radius 1 is 1.30 bits per heavy atom. The Morgan fingerprint density at radius 2 is 1.90 bits per heavy atom. The number of aryl methyl sites for hydroxylation is 2. The van der Waals surface area contributed by atoms with Crippen LogP contribution in [0.5, 0.6) is 11.5 Å². The molecule has 1 atom stereocenters. The number of amides is 1. The molecule has 2 rings (SSSR count). The van der Waals surface area contributed by atoms with Crippen molar-refractivity contribution in [1.29, 1.82) is 0 Å². The largest absolute Gasteiger partial charge is 0.507 e. The molecule has 0 radical (unpaired) electrons. The maximum Gasteiger partial charge on any atom is 0.259 e. The summed E-state index contributed by atoms with van der Waals surface area (Å²) in [4.78, 5) is 12.1. The molecule has 1 aromatic carbocycles. The van der Waals surface area contributed by atoms with E-state index in [9.17, 15) is 15.0 Å². The number of rotatable bonds is 3. The quantitative estimate of drug-likeness (QED) is 0.798. The zero-order valence-corrected chi connectivity index (χ0v) is 11.5. The molecule has 0 aliphatic heterocycles. The topological polar surface area (TPSA) is 95.6 Å². The van der Waals surface area contributed by atoms with Gasteiger partial charge in [-0.25, -0.2) is 0 Å². The first-order valence-electron chi connectivity index (χ1n) is 6.16. The van der Waals surface area contributed by atoms with Crippen LogP contribution in [0.25, 0.3) is 0 Å². The number of phenolic OH excluding ortho intramolecular Hbond substituents is 2. The SMILES string of the molecule is Cc1noc(C)c1C(C)NC(=O)c1c(O)cccc1O. The van der Waals surface area contributed by atoms with Gasteiger partial charge in [-0.15, -0.1) is 0 Å². The summed E-state index contributed by atoms with van der Waals surface area (Å²) in [6.07, 6.45) is 0. The molecule has 20 heavy (non-hydrogen) atoms. The summed E-state index contributed by atoms with van der Waals surface area (Å²) in [5, 5.41) is 25.9. The normalized spacial score (nSPS) is 12.2. The fourth-order valence-corrected chi connectivity index (χ4v) is 2.21. The van der Waals surface area contributed by atoms with Gasteiger partial charge in [-0.1, -0.05) is 11.2 Å². The molecule has 1 heterocycles. The molecular weight excluding hydrogens is 260 g/mol. The van der Waals surface area contributed by atoms with Gasteiger partial charge in [0, 0.05) is 5.56 Å². The number of aromatic nitrogens is 1. The van der Waals surface area contributed by atoms with Crippen molar-refractivity contribution in [2.75, 3.05) is 0 Å². The first-order valence-corrected chi connectivity index (χ1v) is 6.16. The van der Waals surface area contributed by atoms with Crippen LogP contribution in [-0.2, 0) is 0 Å². The van der Waals surface area contributed by atoms with E-state index in [4.69, 9.17) is 4.52 Å². The number of nitrogens with zero attached hydrogens (tertiary/aromatic N) is 1. The average Bonchev–Trinajstić information content (AvgIpc) is 2.68. The zero-order valence-electron chi connectivity index (χ0n) is 11.5. The van der Waals surface area contributed by atoms with E-state index in [2.05, 4.69) is 10.5 Å². The molecule has 3 N–H and O–H groups in total. The minimum absolute atomic E-state index is 0.147. The highest BCUT2D eigenvalue weighted by Gasteiger charge is 2.22. The van der Waals surface area contributed by atoms with Crippen LogP contribution in [0.2, 0.25) is 0 Å². The van der Waals surface area contributed by atoms with Crippen LogP contribution in [0.4, 0.5) is 0 Å². The maximum absolute atomic E-state index is 12.1. The summed E-state index contributed by atoms with van der Waals surface area (Å²) in [6.45, 7) is 5.32. The van der Waals surface area contributed by atoms with Crippen molar-refractivity contribution >= 4 is 5.91 Å². The molecule has 0 fully saturated rings. The number of hydrogen-bond donors (Lipinski definition) is 3. The molecule has 1 aromatic heterocycles. The fourth-order valence-electron chi connectivity index (χ4n) is 2.21. The van der Waals surface area contributed by atoms with Crippen molar-refractivity contribution in [2.45, 2.75) is 26.8 Å². The van der Waals surface area contributed by atoms with E-state index in [1.807, 2.05) is 0 Å². The second-order valence-electron chi connectivity index (χ2n) is 4.60. The second-order valence-corrected chi connectivity index (χ2v) is 4.60. The van der Waals surface area contributed by atoms with Crippen molar-refractivity contribution in [2.24, 2.45) is 0 Å². The molecule has 0 aliphatic carbocycles. The van der Waals surface area contributed by atoms with Crippen LogP contribution in [0.15, 0.2) is 22.7 Å². The van der Waals surface area contributed by atoms with Crippen molar-refractivity contribution in [3.63, 3.8) is 0 Å². The third-order valence-electron chi connectivity index (χ3n) is 3.12. The van der Waals surface area contributed by atoms with Gasteiger partial charge in [0.05, 0.1) is 11.7 Å². The highest BCUT2D eigenvalue weighted by atomic mass is 16.5. The van der Waals surface area contributed by atoms with Crippen molar-refractivity contribution < 1.29 is 19.5 Å². The van der Waals surface area contributed by atoms with E-state index in [-0.39, 0.29) is 23.1 Å². The minimum atomic E-state index is -0.562. The maximum atomic E-state index is 12.1. The molecule has 106 valence electrons. The molecule has 0 aliphatic rings. The Balaban J connectivity index is 2.24. The summed E-state index contributed by atoms with van der Waals surface area (Å²) in [5.41, 5.74) is 1.33. The van der Waals surface area contributed by atoms with Crippen LogP contribution >= 0.6 is 0 Å². The third-order valence-corrected chi connectivity index (χ3v) is 3.12. The number of carbonyl (C=O) groups excluding carboxylic acids is 1. The average molecular weight is 276 g/mol. The smallest absolute Gasteiger partial charge is 0.259 e. The molecule has 0 saturated carbocycles. The van der Waals surface area contributed by atoms with Gasteiger partial charge >= 0.3 is 0 Å². The molecule has 6 heteroatoms. The number of nitrogens with one attached hydrogen (secondary N) is 1. The zero-order chi connectivity index (χ0) is 14.9. The van der Waals surface area contributed by atoms with E-state index >= 15 is 0 Å². The Morgan fingerprint density at radius 3 is 2.40 bits per heavy atom. The Labute approximate surface area is 116 Å². The van der Waals surface area contributed by atoms with Gasteiger partial charge in [0.25, 0.3) is 5.91 Å². The van der Waals surface area contributed by atoms with E-state index in [0.717, 1.165) is 5.56 Å². The van der Waals surface area contributed by atoms with Gasteiger partial charge in [-0.3, -0.25) is 4.79 Å². The van der Waals surface area contributed by atoms with E-state index in [1.54, 1.807) is 20.8 Å². The van der Waals surface area contributed by atoms with Crippen LogP contribution in [0.3, 0.4) is 0 Å².